The number of nitrogens with one attached hydrogen (secondary N) is 1. The Morgan fingerprint density at radius 1 is 1.47 bits per heavy atom. The molecule has 0 amide bonds. The van der Waals surface area contributed by atoms with Gasteiger partial charge in [0.25, 0.3) is 0 Å². The summed E-state index contributed by atoms with van der Waals surface area (Å²) in [6.45, 7) is 11.0. The number of hydrogen-bond acceptors (Lipinski definition) is 3. The van der Waals surface area contributed by atoms with Crippen LogP contribution in [0.5, 0.6) is 0 Å². The van der Waals surface area contributed by atoms with Crippen LogP contribution in [0.1, 0.15) is 27.2 Å². The number of thioether (sulfide) groups is 1. The van der Waals surface area contributed by atoms with Crippen LogP contribution in [0.25, 0.3) is 0 Å². The summed E-state index contributed by atoms with van der Waals surface area (Å²) >= 11 is 1.84. The van der Waals surface area contributed by atoms with E-state index < -0.39 is 0 Å². The van der Waals surface area contributed by atoms with Crippen LogP contribution in [0.4, 0.5) is 0 Å². The molecule has 1 atom stereocenters. The first-order chi connectivity index (χ1) is 7.26. The van der Waals surface area contributed by atoms with Crippen molar-refractivity contribution in [2.24, 2.45) is 4.99 Å². The van der Waals surface area contributed by atoms with Gasteiger partial charge >= 0.3 is 0 Å². The topological polar surface area (TPSA) is 27.6 Å². The lowest BCUT2D eigenvalue weighted by Crippen LogP contribution is -2.28. The summed E-state index contributed by atoms with van der Waals surface area (Å²) < 4.78 is 0. The Balaban J connectivity index is 2.19. The van der Waals surface area contributed by atoms with Crippen molar-refractivity contribution >= 4 is 16.9 Å². The Bertz CT molecular complexity index is 206. The molecular formula is C11H23N3S. The molecule has 0 aliphatic carbocycles. The molecule has 1 fully saturated rings. The summed E-state index contributed by atoms with van der Waals surface area (Å²) in [5.41, 5.74) is 0. The highest BCUT2D eigenvalue weighted by Crippen LogP contribution is 2.12. The molecule has 1 aliphatic rings. The first kappa shape index (κ1) is 12.8. The van der Waals surface area contributed by atoms with Gasteiger partial charge in [-0.2, -0.15) is 0 Å². The molecule has 0 spiro atoms. The lowest BCUT2D eigenvalue weighted by Gasteiger charge is -2.17. The number of rotatable bonds is 6. The molecule has 1 unspecified atom stereocenters. The second kappa shape index (κ2) is 7.12. The number of amidine groups is 1. The summed E-state index contributed by atoms with van der Waals surface area (Å²) in [5.74, 6) is 1.16. The van der Waals surface area contributed by atoms with Gasteiger partial charge < -0.3 is 10.2 Å². The fourth-order valence-electron chi connectivity index (χ4n) is 1.63. The van der Waals surface area contributed by atoms with Crippen molar-refractivity contribution < 1.29 is 0 Å². The van der Waals surface area contributed by atoms with Crippen LogP contribution in [0.15, 0.2) is 4.99 Å². The van der Waals surface area contributed by atoms with E-state index in [9.17, 15) is 0 Å². The van der Waals surface area contributed by atoms with Crippen molar-refractivity contribution in [3.05, 3.63) is 0 Å². The van der Waals surface area contributed by atoms with Crippen molar-refractivity contribution in [1.29, 1.82) is 0 Å². The molecule has 0 bridgehead atoms. The number of aliphatic imine (C=N–C) groups is 1. The maximum Gasteiger partial charge on any atom is 0.156 e. The van der Waals surface area contributed by atoms with Gasteiger partial charge in [0.2, 0.25) is 0 Å². The van der Waals surface area contributed by atoms with E-state index in [-0.39, 0.29) is 0 Å². The maximum atomic E-state index is 4.57. The fraction of sp³-hybridized carbons (Fsp3) is 0.909. The molecule has 1 aliphatic heterocycles. The lowest BCUT2D eigenvalue weighted by atomic mass is 10.4. The Labute approximate surface area is 97.7 Å². The van der Waals surface area contributed by atoms with Crippen LogP contribution in [0.2, 0.25) is 0 Å². The van der Waals surface area contributed by atoms with Gasteiger partial charge in [-0.3, -0.25) is 4.99 Å². The molecule has 1 saturated heterocycles. The van der Waals surface area contributed by atoms with Crippen molar-refractivity contribution in [1.82, 2.24) is 10.2 Å². The van der Waals surface area contributed by atoms with E-state index >= 15 is 0 Å². The molecule has 0 aromatic heterocycles. The Morgan fingerprint density at radius 3 is 2.80 bits per heavy atom. The number of likely N-dealkylation sites (N-methyl/N-ethyl adjacent to an activating group) is 1. The molecule has 0 aromatic rings. The first-order valence-electron chi connectivity index (χ1n) is 5.92. The van der Waals surface area contributed by atoms with Crippen LogP contribution in [-0.2, 0) is 0 Å². The van der Waals surface area contributed by atoms with Crippen molar-refractivity contribution in [2.75, 3.05) is 31.9 Å². The molecule has 1 heterocycles. The fourth-order valence-corrected chi connectivity index (χ4v) is 2.58. The van der Waals surface area contributed by atoms with E-state index in [0.717, 1.165) is 30.6 Å². The largest absolute Gasteiger partial charge is 0.362 e. The molecule has 1 rings (SSSR count). The van der Waals surface area contributed by atoms with Crippen LogP contribution < -0.4 is 5.32 Å². The van der Waals surface area contributed by atoms with Crippen molar-refractivity contribution in [3.63, 3.8) is 0 Å². The molecule has 15 heavy (non-hydrogen) atoms. The van der Waals surface area contributed by atoms with Crippen LogP contribution in [-0.4, -0.2) is 48.0 Å². The van der Waals surface area contributed by atoms with Gasteiger partial charge in [0.05, 0.1) is 6.54 Å². The Hall–Kier alpha value is -0.220. The zero-order valence-corrected chi connectivity index (χ0v) is 10.9. The third-order valence-corrected chi connectivity index (χ3v) is 3.69. The molecule has 3 nitrogen and oxygen atoms in total. The summed E-state index contributed by atoms with van der Waals surface area (Å²) in [4.78, 5) is 7.02. The third-order valence-electron chi connectivity index (χ3n) is 2.50. The van der Waals surface area contributed by atoms with Gasteiger partial charge in [0, 0.05) is 18.3 Å². The van der Waals surface area contributed by atoms with Crippen molar-refractivity contribution in [3.8, 4) is 0 Å². The minimum absolute atomic E-state index is 0.590. The molecule has 0 aromatic carbocycles. The van der Waals surface area contributed by atoms with E-state index in [4.69, 9.17) is 0 Å². The highest BCUT2D eigenvalue weighted by molar-refractivity contribution is 8.14. The SMILES string of the molecule is CCCN(CC)CCN=C1NC(C)CS1. The predicted octanol–water partition coefficient (Wildman–Crippen LogP) is 1.80. The number of hydrogen-bond donors (Lipinski definition) is 1. The summed E-state index contributed by atoms with van der Waals surface area (Å²) in [6.07, 6.45) is 1.23. The third kappa shape index (κ3) is 4.89. The highest BCUT2D eigenvalue weighted by atomic mass is 32.2. The minimum atomic E-state index is 0.590. The van der Waals surface area contributed by atoms with E-state index in [1.54, 1.807) is 0 Å². The zero-order valence-electron chi connectivity index (χ0n) is 10.1. The first-order valence-corrected chi connectivity index (χ1v) is 6.91. The van der Waals surface area contributed by atoms with Crippen LogP contribution in [0, 0.1) is 0 Å². The highest BCUT2D eigenvalue weighted by Gasteiger charge is 2.14. The maximum absolute atomic E-state index is 4.57. The summed E-state index contributed by atoms with van der Waals surface area (Å²) in [5, 5.41) is 4.51. The van der Waals surface area contributed by atoms with Crippen LogP contribution >= 0.6 is 11.8 Å². The van der Waals surface area contributed by atoms with Gasteiger partial charge in [-0.05, 0) is 26.4 Å². The van der Waals surface area contributed by atoms with Gasteiger partial charge in [-0.15, -0.1) is 0 Å². The smallest absolute Gasteiger partial charge is 0.156 e. The summed E-state index contributed by atoms with van der Waals surface area (Å²) in [7, 11) is 0. The number of nitrogens with zero attached hydrogens (tertiary/aromatic N) is 2. The lowest BCUT2D eigenvalue weighted by molar-refractivity contribution is 0.297. The molecular weight excluding hydrogens is 206 g/mol. The standard InChI is InChI=1S/C11H23N3S/c1-4-7-14(5-2)8-6-12-11-13-10(3)9-15-11/h10H,4-9H2,1-3H3,(H,12,13). The van der Waals surface area contributed by atoms with Gasteiger partial charge in [0.15, 0.2) is 5.17 Å². The minimum Gasteiger partial charge on any atom is -0.362 e. The average molecular weight is 229 g/mol. The van der Waals surface area contributed by atoms with Gasteiger partial charge in [0.1, 0.15) is 0 Å². The second-order valence-electron chi connectivity index (χ2n) is 3.98. The van der Waals surface area contributed by atoms with E-state index in [2.05, 4.69) is 36.0 Å². The monoisotopic (exact) mass is 229 g/mol. The van der Waals surface area contributed by atoms with Gasteiger partial charge in [-0.25, -0.2) is 0 Å². The second-order valence-corrected chi connectivity index (χ2v) is 4.99. The average Bonchev–Trinajstić information content (AvgIpc) is 2.63. The van der Waals surface area contributed by atoms with Gasteiger partial charge in [-0.1, -0.05) is 25.6 Å². The van der Waals surface area contributed by atoms with Crippen LogP contribution in [0.3, 0.4) is 0 Å². The predicted molar refractivity (Wildman–Crippen MR) is 69.8 cm³/mol. The quantitative estimate of drug-likeness (QED) is 0.752. The van der Waals surface area contributed by atoms with E-state index in [1.165, 1.54) is 13.0 Å². The Morgan fingerprint density at radius 2 is 2.27 bits per heavy atom. The zero-order chi connectivity index (χ0) is 11.1. The van der Waals surface area contributed by atoms with E-state index in [0.29, 0.717) is 6.04 Å². The molecule has 0 saturated carbocycles. The van der Waals surface area contributed by atoms with E-state index in [1.807, 2.05) is 11.8 Å². The summed E-state index contributed by atoms with van der Waals surface area (Å²) in [6, 6.07) is 0.590. The molecule has 4 heteroatoms. The molecule has 0 radical (unpaired) electrons. The normalized spacial score (nSPS) is 23.7. The Kier molecular flexibility index (Phi) is 6.10. The van der Waals surface area contributed by atoms with Crippen molar-refractivity contribution in [2.45, 2.75) is 33.2 Å². The molecule has 88 valence electrons. The molecule has 1 N–H and O–H groups in total.